The van der Waals surface area contributed by atoms with E-state index in [9.17, 15) is 0 Å². The maximum absolute atomic E-state index is 5.04. The molecule has 3 aromatic rings. The van der Waals surface area contributed by atoms with Crippen LogP contribution in [0.3, 0.4) is 0 Å². The van der Waals surface area contributed by atoms with Crippen molar-refractivity contribution in [1.82, 2.24) is 24.8 Å². The molecule has 7 heteroatoms. The van der Waals surface area contributed by atoms with Crippen LogP contribution in [0.15, 0.2) is 52.5 Å². The number of pyridine rings is 2. The highest BCUT2D eigenvalue weighted by molar-refractivity contribution is 6.41. The van der Waals surface area contributed by atoms with Gasteiger partial charge in [0.2, 0.25) is 0 Å². The van der Waals surface area contributed by atoms with Gasteiger partial charge >= 0.3 is 0 Å². The number of aryl methyl sites for hydroxylation is 1. The average molecular weight is 371 g/mol. The zero-order valence-corrected chi connectivity index (χ0v) is 16.1. The number of aromatic nitrogens is 3. The fourth-order valence-corrected chi connectivity index (χ4v) is 4.45. The van der Waals surface area contributed by atoms with Crippen molar-refractivity contribution < 1.29 is 0 Å². The second-order valence-corrected chi connectivity index (χ2v) is 7.88. The molecule has 1 N–H and O–H groups in total. The lowest BCUT2D eigenvalue weighted by Crippen LogP contribution is -2.43. The van der Waals surface area contributed by atoms with Gasteiger partial charge in [-0.3, -0.25) is 15.0 Å². The average Bonchev–Trinajstić information content (AvgIpc) is 3.23. The molecule has 6 rings (SSSR count). The normalized spacial score (nSPS) is 26.3. The number of nitrogens with zero attached hydrogens (tertiary/aromatic N) is 6. The fourth-order valence-electron chi connectivity index (χ4n) is 4.45. The molecule has 28 heavy (non-hydrogen) atoms. The van der Waals surface area contributed by atoms with Gasteiger partial charge in [0.25, 0.3) is 0 Å². The monoisotopic (exact) mass is 371 g/mol. The number of hydrogen-bond donors (Lipinski definition) is 1. The lowest BCUT2D eigenvalue weighted by atomic mass is 10.2. The van der Waals surface area contributed by atoms with E-state index in [1.54, 1.807) is 0 Å². The summed E-state index contributed by atoms with van der Waals surface area (Å²) in [4.78, 5) is 18.9. The van der Waals surface area contributed by atoms with Gasteiger partial charge in [-0.2, -0.15) is 0 Å². The molecule has 1 aliphatic carbocycles. The van der Waals surface area contributed by atoms with Crippen molar-refractivity contribution in [3.63, 3.8) is 0 Å². The molecule has 1 saturated carbocycles. The molecule has 0 bridgehead atoms. The molecule has 2 aliphatic heterocycles. The summed E-state index contributed by atoms with van der Waals surface area (Å²) in [6, 6.07) is 6.13. The summed E-state index contributed by atoms with van der Waals surface area (Å²) in [6.45, 7) is 6.22. The Kier molecular flexibility index (Phi) is 3.12. The predicted octanol–water partition coefficient (Wildman–Crippen LogP) is 3.18. The largest absolute Gasteiger partial charge is 0.303 e. The van der Waals surface area contributed by atoms with Gasteiger partial charge in [-0.15, -0.1) is 0 Å². The summed E-state index contributed by atoms with van der Waals surface area (Å²) in [7, 11) is 0. The van der Waals surface area contributed by atoms with Crippen LogP contribution >= 0.6 is 0 Å². The van der Waals surface area contributed by atoms with Crippen LogP contribution in [0.25, 0.3) is 16.6 Å². The highest BCUT2D eigenvalue weighted by Crippen LogP contribution is 2.51. The number of nitrogens with one attached hydrogen (secondary N) is 1. The predicted molar refractivity (Wildman–Crippen MR) is 109 cm³/mol. The molecule has 1 fully saturated rings. The van der Waals surface area contributed by atoms with Gasteiger partial charge in [-0.25, -0.2) is 15.4 Å². The summed E-state index contributed by atoms with van der Waals surface area (Å²) in [5.74, 6) is 1.82. The molecule has 3 aromatic heterocycles. The molecular weight excluding hydrogens is 350 g/mol. The topological polar surface area (TPSA) is 70.2 Å². The molecule has 0 aromatic carbocycles. The van der Waals surface area contributed by atoms with Crippen LogP contribution in [0.1, 0.15) is 37.6 Å². The molecule has 3 atom stereocenters. The van der Waals surface area contributed by atoms with E-state index in [2.05, 4.69) is 57.0 Å². The van der Waals surface area contributed by atoms with E-state index in [1.807, 2.05) is 25.4 Å². The number of rotatable bonds is 2. The number of imidazole rings is 1. The Hall–Kier alpha value is -3.06. The molecule has 140 valence electrons. The van der Waals surface area contributed by atoms with Crippen molar-refractivity contribution in [2.24, 2.45) is 15.9 Å². The second-order valence-electron chi connectivity index (χ2n) is 7.88. The zero-order chi connectivity index (χ0) is 19.0. The molecule has 5 heterocycles. The van der Waals surface area contributed by atoms with Gasteiger partial charge in [-0.1, -0.05) is 0 Å². The molecule has 0 radical (unpaired) electrons. The van der Waals surface area contributed by atoms with Gasteiger partial charge in [-0.05, 0) is 45.4 Å². The Morgan fingerprint density at radius 1 is 1.18 bits per heavy atom. The molecule has 0 amide bonds. The van der Waals surface area contributed by atoms with Crippen molar-refractivity contribution in [3.8, 4) is 0 Å². The summed E-state index contributed by atoms with van der Waals surface area (Å²) in [6.07, 6.45) is 6.97. The fraction of sp³-hybridized carbons (Fsp3) is 0.333. The summed E-state index contributed by atoms with van der Waals surface area (Å²) < 4.78 is 2.19. The third kappa shape index (κ3) is 2.13. The first-order valence-electron chi connectivity index (χ1n) is 9.70. The van der Waals surface area contributed by atoms with Crippen molar-refractivity contribution in [2.75, 3.05) is 0 Å². The quantitative estimate of drug-likeness (QED) is 0.751. The highest BCUT2D eigenvalue weighted by atomic mass is 15.6. The van der Waals surface area contributed by atoms with E-state index in [1.165, 1.54) is 11.4 Å². The van der Waals surface area contributed by atoms with E-state index in [0.717, 1.165) is 40.2 Å². The van der Waals surface area contributed by atoms with Crippen LogP contribution in [0.5, 0.6) is 0 Å². The van der Waals surface area contributed by atoms with E-state index >= 15 is 0 Å². The number of fused-ring (bicyclic) bond motifs is 4. The highest BCUT2D eigenvalue weighted by Gasteiger charge is 2.49. The standard InChI is InChI=1S/C21H21N7/c1-11-10-23-12(2)20-25-19(26-28(11)20)16-9-15(16)18-13(3)27-8-6-17-14(21(27)24-18)5-4-7-22-17/h4-8,10,15-16,19,26H,9H2,1-3H3. The number of hydrogen-bond acceptors (Lipinski definition) is 6. The van der Waals surface area contributed by atoms with Gasteiger partial charge in [0, 0.05) is 41.5 Å². The van der Waals surface area contributed by atoms with Gasteiger partial charge in [0.05, 0.1) is 22.6 Å². The van der Waals surface area contributed by atoms with E-state index in [0.29, 0.717) is 11.8 Å². The van der Waals surface area contributed by atoms with Crippen LogP contribution in [0.4, 0.5) is 0 Å². The maximum Gasteiger partial charge on any atom is 0.165 e. The summed E-state index contributed by atoms with van der Waals surface area (Å²) >= 11 is 0. The van der Waals surface area contributed by atoms with E-state index < -0.39 is 0 Å². The van der Waals surface area contributed by atoms with Gasteiger partial charge in [0.15, 0.2) is 5.84 Å². The molecule has 0 saturated heterocycles. The second kappa shape index (κ2) is 5.48. The first kappa shape index (κ1) is 15.9. The third-order valence-electron chi connectivity index (χ3n) is 6.10. The number of aliphatic imine (C=N–C) groups is 2. The minimum atomic E-state index is 0.0780. The minimum Gasteiger partial charge on any atom is -0.303 e. The van der Waals surface area contributed by atoms with E-state index in [-0.39, 0.29) is 6.17 Å². The van der Waals surface area contributed by atoms with Crippen molar-refractivity contribution in [3.05, 3.63) is 53.9 Å². The van der Waals surface area contributed by atoms with Gasteiger partial charge in [0.1, 0.15) is 11.8 Å². The number of hydrazine groups is 1. The Morgan fingerprint density at radius 3 is 2.93 bits per heavy atom. The Bertz CT molecular complexity index is 1230. The Labute approximate surface area is 162 Å². The zero-order valence-electron chi connectivity index (χ0n) is 16.1. The Balaban J connectivity index is 1.35. The summed E-state index contributed by atoms with van der Waals surface area (Å²) in [5, 5.41) is 3.17. The van der Waals surface area contributed by atoms with Gasteiger partial charge < -0.3 is 4.40 Å². The van der Waals surface area contributed by atoms with Crippen LogP contribution in [0.2, 0.25) is 0 Å². The number of amidine groups is 1. The SMILES string of the molecule is CC1=CN=C(C)C2=NC(C3CC3c3nc4c5cccnc5ccn4c3C)NN12. The van der Waals surface area contributed by atoms with Crippen molar-refractivity contribution in [2.45, 2.75) is 39.3 Å². The minimum absolute atomic E-state index is 0.0780. The van der Waals surface area contributed by atoms with Crippen molar-refractivity contribution >= 4 is 28.1 Å². The lowest BCUT2D eigenvalue weighted by molar-refractivity contribution is 0.333. The molecule has 7 nitrogen and oxygen atoms in total. The molecule has 0 spiro atoms. The van der Waals surface area contributed by atoms with Crippen LogP contribution < -0.4 is 5.43 Å². The smallest absolute Gasteiger partial charge is 0.165 e. The van der Waals surface area contributed by atoms with Crippen LogP contribution in [0, 0.1) is 12.8 Å². The van der Waals surface area contributed by atoms with Crippen molar-refractivity contribution in [1.29, 1.82) is 0 Å². The van der Waals surface area contributed by atoms with Crippen LogP contribution in [-0.2, 0) is 0 Å². The molecule has 3 aliphatic rings. The Morgan fingerprint density at radius 2 is 2.07 bits per heavy atom. The lowest BCUT2D eigenvalue weighted by Gasteiger charge is -2.24. The molecular formula is C21H21N7. The first-order chi connectivity index (χ1) is 13.6. The maximum atomic E-state index is 5.04. The van der Waals surface area contributed by atoms with Crippen LogP contribution in [-0.4, -0.2) is 37.1 Å². The third-order valence-corrected chi connectivity index (χ3v) is 6.10. The summed E-state index contributed by atoms with van der Waals surface area (Å²) in [5.41, 5.74) is 9.96. The molecule has 3 unspecified atom stereocenters. The van der Waals surface area contributed by atoms with E-state index in [4.69, 9.17) is 9.98 Å². The number of allylic oxidation sites excluding steroid dienone is 1. The first-order valence-corrected chi connectivity index (χ1v) is 9.70.